The van der Waals surface area contributed by atoms with E-state index in [-0.39, 0.29) is 4.90 Å². The first kappa shape index (κ1) is 21.0. The lowest BCUT2D eigenvalue weighted by molar-refractivity contribution is 0.206. The first-order valence-corrected chi connectivity index (χ1v) is 12.5. The zero-order valence-electron chi connectivity index (χ0n) is 13.8. The number of phosphoric ester groups is 1. The molecule has 2 aromatic rings. The summed E-state index contributed by atoms with van der Waals surface area (Å²) < 4.78 is 56.3. The van der Waals surface area contributed by atoms with E-state index in [9.17, 15) is 22.4 Å². The lowest BCUT2D eigenvalue weighted by atomic mass is 10.1. The predicted octanol–water partition coefficient (Wildman–Crippen LogP) is 3.08. The second kappa shape index (κ2) is 8.15. The second-order valence-corrected chi connectivity index (χ2v) is 10.9. The van der Waals surface area contributed by atoms with Gasteiger partial charge in [0.1, 0.15) is 0 Å². The summed E-state index contributed by atoms with van der Waals surface area (Å²) in [5.74, 6) is -0.607. The van der Waals surface area contributed by atoms with Crippen molar-refractivity contribution in [2.75, 3.05) is 19.0 Å². The van der Waals surface area contributed by atoms with Crippen LogP contribution in [0.1, 0.15) is 0 Å². The lowest BCUT2D eigenvalue weighted by Gasteiger charge is -2.14. The van der Waals surface area contributed by atoms with Crippen LogP contribution in [0.15, 0.2) is 59.5 Å². The molecular formula is C15H18O8P2S. The van der Waals surface area contributed by atoms with Gasteiger partial charge in [-0.3, -0.25) is 9.09 Å². The molecule has 0 aromatic heterocycles. The Morgan fingerprint density at radius 3 is 2.15 bits per heavy atom. The van der Waals surface area contributed by atoms with Gasteiger partial charge < -0.3 is 9.79 Å². The van der Waals surface area contributed by atoms with Gasteiger partial charge in [0, 0.05) is 12.2 Å². The van der Waals surface area contributed by atoms with Gasteiger partial charge in [-0.2, -0.15) is 0 Å². The highest BCUT2D eigenvalue weighted by atomic mass is 32.2. The fraction of sp³-hybridized carbons (Fsp3) is 0.200. The zero-order chi connectivity index (χ0) is 19.4. The molecule has 0 aliphatic carbocycles. The van der Waals surface area contributed by atoms with Gasteiger partial charge in [0.05, 0.1) is 17.3 Å². The van der Waals surface area contributed by atoms with E-state index >= 15 is 0 Å². The average molecular weight is 420 g/mol. The van der Waals surface area contributed by atoms with Crippen molar-refractivity contribution in [1.82, 2.24) is 0 Å². The fourth-order valence-electron chi connectivity index (χ4n) is 2.18. The molecule has 0 aliphatic heterocycles. The zero-order valence-corrected chi connectivity index (χ0v) is 16.4. The largest absolute Gasteiger partial charge is 0.479 e. The third kappa shape index (κ3) is 6.14. The van der Waals surface area contributed by atoms with E-state index in [2.05, 4.69) is 8.83 Å². The van der Waals surface area contributed by atoms with Crippen molar-refractivity contribution in [3.8, 4) is 11.1 Å². The van der Waals surface area contributed by atoms with E-state index in [0.29, 0.717) is 17.8 Å². The maximum Gasteiger partial charge on any atom is 0.479 e. The van der Waals surface area contributed by atoms with Crippen LogP contribution in [0.4, 0.5) is 0 Å². The van der Waals surface area contributed by atoms with Crippen molar-refractivity contribution >= 4 is 25.3 Å². The van der Waals surface area contributed by atoms with Crippen LogP contribution in [0.25, 0.3) is 11.1 Å². The van der Waals surface area contributed by atoms with Crippen molar-refractivity contribution in [3.05, 3.63) is 54.6 Å². The van der Waals surface area contributed by atoms with Gasteiger partial charge in [-0.25, -0.2) is 17.3 Å². The lowest BCUT2D eigenvalue weighted by Crippen LogP contribution is -2.13. The summed E-state index contributed by atoms with van der Waals surface area (Å²) in [7, 11) is -13.0. The van der Waals surface area contributed by atoms with E-state index in [1.807, 2.05) is 0 Å². The molecule has 11 heteroatoms. The van der Waals surface area contributed by atoms with Crippen molar-refractivity contribution in [2.24, 2.45) is 0 Å². The summed E-state index contributed by atoms with van der Waals surface area (Å²) in [5.41, 5.74) is 1.20. The Morgan fingerprint density at radius 1 is 0.962 bits per heavy atom. The van der Waals surface area contributed by atoms with Crippen LogP contribution in [-0.2, 0) is 27.8 Å². The van der Waals surface area contributed by atoms with Gasteiger partial charge in [-0.1, -0.05) is 48.5 Å². The van der Waals surface area contributed by atoms with E-state index in [0.717, 1.165) is 0 Å². The molecule has 0 spiro atoms. The van der Waals surface area contributed by atoms with Gasteiger partial charge in [-0.15, -0.1) is 0 Å². The number of phosphoric acid groups is 1. The van der Waals surface area contributed by atoms with Crippen LogP contribution < -0.4 is 0 Å². The molecule has 0 aliphatic rings. The molecule has 2 atom stereocenters. The maximum atomic E-state index is 12.6. The monoisotopic (exact) mass is 420 g/mol. The Kier molecular flexibility index (Phi) is 6.58. The molecule has 0 fully saturated rings. The number of hydrogen-bond acceptors (Lipinski definition) is 6. The Hall–Kier alpha value is -1.31. The Bertz CT molecular complexity index is 953. The summed E-state index contributed by atoms with van der Waals surface area (Å²) >= 11 is 0. The van der Waals surface area contributed by atoms with Crippen LogP contribution in [0.2, 0.25) is 0 Å². The van der Waals surface area contributed by atoms with E-state index < -0.39 is 37.6 Å². The molecule has 2 unspecified atom stereocenters. The second-order valence-electron chi connectivity index (χ2n) is 5.37. The molecule has 8 nitrogen and oxygen atoms in total. The van der Waals surface area contributed by atoms with Crippen LogP contribution >= 0.6 is 15.4 Å². The van der Waals surface area contributed by atoms with Crippen molar-refractivity contribution < 1.29 is 36.2 Å². The molecule has 142 valence electrons. The van der Waals surface area contributed by atoms with Gasteiger partial charge in [0.15, 0.2) is 9.84 Å². The molecular weight excluding hydrogens is 402 g/mol. The maximum absolute atomic E-state index is 12.6. The molecule has 0 radical (unpaired) electrons. The molecule has 0 saturated heterocycles. The molecule has 2 N–H and O–H groups in total. The Balaban J connectivity index is 2.17. The van der Waals surface area contributed by atoms with Crippen LogP contribution in [0.3, 0.4) is 0 Å². The molecule has 0 saturated carbocycles. The highest BCUT2D eigenvalue weighted by Crippen LogP contribution is 2.57. The highest BCUT2D eigenvalue weighted by molar-refractivity contribution is 7.91. The molecule has 2 aromatic carbocycles. The van der Waals surface area contributed by atoms with Crippen LogP contribution in [0.5, 0.6) is 0 Å². The predicted molar refractivity (Wildman–Crippen MR) is 96.5 cm³/mol. The van der Waals surface area contributed by atoms with Crippen LogP contribution in [-0.4, -0.2) is 37.2 Å². The Labute approximate surface area is 151 Å². The highest BCUT2D eigenvalue weighted by Gasteiger charge is 2.30. The average Bonchev–Trinajstić information content (AvgIpc) is 2.53. The van der Waals surface area contributed by atoms with Gasteiger partial charge in [0.2, 0.25) is 0 Å². The SMILES string of the molecule is CP(=O)(O)OP(=O)(O)OCCS(=O)(=O)c1ccccc1-c1ccccc1. The minimum absolute atomic E-state index is 0.0480. The smallest absolute Gasteiger partial charge is 0.324 e. The summed E-state index contributed by atoms with van der Waals surface area (Å²) in [6.45, 7) is 0.0330. The van der Waals surface area contributed by atoms with Crippen molar-refractivity contribution in [2.45, 2.75) is 4.90 Å². The van der Waals surface area contributed by atoms with Gasteiger partial charge in [0.25, 0.3) is 0 Å². The summed E-state index contributed by atoms with van der Waals surface area (Å²) in [6, 6.07) is 15.2. The first-order chi connectivity index (χ1) is 12.0. The van der Waals surface area contributed by atoms with Crippen molar-refractivity contribution in [3.63, 3.8) is 0 Å². The summed E-state index contributed by atoms with van der Waals surface area (Å²) in [4.78, 5) is 18.3. The van der Waals surface area contributed by atoms with E-state index in [4.69, 9.17) is 4.89 Å². The van der Waals surface area contributed by atoms with Crippen LogP contribution in [0, 0.1) is 0 Å². The normalized spacial score (nSPS) is 16.6. The molecule has 2 rings (SSSR count). The molecule has 26 heavy (non-hydrogen) atoms. The van der Waals surface area contributed by atoms with Gasteiger partial charge >= 0.3 is 15.4 Å². The summed E-state index contributed by atoms with van der Waals surface area (Å²) in [6.07, 6.45) is 0. The number of rotatable bonds is 8. The minimum atomic E-state index is -4.84. The Morgan fingerprint density at radius 2 is 1.54 bits per heavy atom. The quantitative estimate of drug-likeness (QED) is 0.624. The third-order valence-corrected chi connectivity index (χ3v) is 7.44. The number of benzene rings is 2. The van der Waals surface area contributed by atoms with Gasteiger partial charge in [-0.05, 0) is 11.6 Å². The fourth-order valence-corrected chi connectivity index (χ4v) is 5.68. The molecule has 0 bridgehead atoms. The number of hydrogen-bond donors (Lipinski definition) is 2. The standard InChI is InChI=1S/C15H18O8P2S/c1-24(16,17)23-25(18,19)22-11-12-26(20,21)15-10-6-5-9-14(15)13-7-3-2-4-8-13/h2-10H,11-12H2,1H3,(H,16,17)(H,18,19). The van der Waals surface area contributed by atoms with E-state index in [1.165, 1.54) is 6.07 Å². The first-order valence-electron chi connectivity index (χ1n) is 7.36. The topological polar surface area (TPSA) is 127 Å². The molecule has 0 amide bonds. The van der Waals surface area contributed by atoms with E-state index in [1.54, 1.807) is 48.5 Å². The van der Waals surface area contributed by atoms with Crippen molar-refractivity contribution in [1.29, 1.82) is 0 Å². The number of sulfone groups is 1. The summed E-state index contributed by atoms with van der Waals surface area (Å²) in [5, 5.41) is 0. The minimum Gasteiger partial charge on any atom is -0.324 e. The molecule has 0 heterocycles. The third-order valence-electron chi connectivity index (χ3n) is 3.17.